The Hall–Kier alpha value is -1.33. The van der Waals surface area contributed by atoms with Gasteiger partial charge in [-0.2, -0.15) is 0 Å². The molecule has 5 nitrogen and oxygen atoms in total. The lowest BCUT2D eigenvalue weighted by Gasteiger charge is -2.00. The molecule has 2 aromatic rings. The van der Waals surface area contributed by atoms with E-state index in [-0.39, 0.29) is 0 Å². The van der Waals surface area contributed by atoms with Gasteiger partial charge in [-0.1, -0.05) is 11.6 Å². The molecule has 6 heteroatoms. The molecule has 1 atom stereocenters. The van der Waals surface area contributed by atoms with Gasteiger partial charge in [0.2, 0.25) is 5.88 Å². The molecule has 0 aromatic carbocycles. The van der Waals surface area contributed by atoms with E-state index in [4.69, 9.17) is 16.3 Å². The maximum atomic E-state index is 9.42. The van der Waals surface area contributed by atoms with Crippen LogP contribution in [0.2, 0.25) is 5.15 Å². The molecular weight excluding hydrogens is 218 g/mol. The summed E-state index contributed by atoms with van der Waals surface area (Å²) in [6.07, 6.45) is 2.45. The molecule has 1 N–H and O–H groups in total. The molecule has 0 aliphatic heterocycles. The molecule has 80 valence electrons. The van der Waals surface area contributed by atoms with E-state index in [0.717, 1.165) is 0 Å². The summed E-state index contributed by atoms with van der Waals surface area (Å²) in [6.45, 7) is 1.61. The number of aliphatic hydroxyl groups excluding tert-OH is 1. The maximum absolute atomic E-state index is 9.42. The summed E-state index contributed by atoms with van der Waals surface area (Å²) < 4.78 is 6.59. The van der Waals surface area contributed by atoms with Crippen LogP contribution in [0.3, 0.4) is 0 Å². The number of hydrogen-bond donors (Lipinski definition) is 1. The molecular formula is C9H10ClN3O2. The molecule has 2 heterocycles. The topological polar surface area (TPSA) is 59.7 Å². The standard InChI is InChI=1S/C9H10ClN3O2/c1-5(14)8-9(10)13-4-7(15-2)11-3-6(13)12-8/h3-5,14H,1-2H3. The number of aliphatic hydroxyl groups is 1. The van der Waals surface area contributed by atoms with Crippen molar-refractivity contribution < 1.29 is 9.84 Å². The van der Waals surface area contributed by atoms with Crippen molar-refractivity contribution >= 4 is 17.2 Å². The summed E-state index contributed by atoms with van der Waals surface area (Å²) in [5.74, 6) is 0.443. The second kappa shape index (κ2) is 3.67. The number of hydrogen-bond acceptors (Lipinski definition) is 4. The molecule has 15 heavy (non-hydrogen) atoms. The van der Waals surface area contributed by atoms with Crippen molar-refractivity contribution in [1.29, 1.82) is 0 Å². The Kier molecular flexibility index (Phi) is 2.50. The van der Waals surface area contributed by atoms with Crippen molar-refractivity contribution in [2.24, 2.45) is 0 Å². The van der Waals surface area contributed by atoms with E-state index < -0.39 is 6.10 Å². The van der Waals surface area contributed by atoms with E-state index in [9.17, 15) is 5.11 Å². The highest BCUT2D eigenvalue weighted by molar-refractivity contribution is 6.30. The number of methoxy groups -OCH3 is 1. The Morgan fingerprint density at radius 3 is 2.93 bits per heavy atom. The lowest BCUT2D eigenvalue weighted by atomic mass is 10.3. The van der Waals surface area contributed by atoms with Gasteiger partial charge < -0.3 is 9.84 Å². The lowest BCUT2D eigenvalue weighted by molar-refractivity contribution is 0.195. The molecule has 0 radical (unpaired) electrons. The summed E-state index contributed by atoms with van der Waals surface area (Å²) in [4.78, 5) is 8.14. The number of nitrogens with zero attached hydrogens (tertiary/aromatic N) is 3. The summed E-state index contributed by atoms with van der Waals surface area (Å²) in [6, 6.07) is 0. The summed E-state index contributed by atoms with van der Waals surface area (Å²) in [5, 5.41) is 9.80. The number of imidazole rings is 1. The SMILES string of the molecule is COc1cn2c(Cl)c(C(C)O)nc2cn1. The van der Waals surface area contributed by atoms with Crippen LogP contribution in [-0.4, -0.2) is 26.6 Å². The highest BCUT2D eigenvalue weighted by Crippen LogP contribution is 2.24. The summed E-state index contributed by atoms with van der Waals surface area (Å²) in [7, 11) is 1.52. The van der Waals surface area contributed by atoms with E-state index in [0.29, 0.717) is 22.4 Å². The minimum atomic E-state index is -0.705. The molecule has 0 aliphatic rings. The van der Waals surface area contributed by atoms with Crippen LogP contribution in [0, 0.1) is 0 Å². The first-order valence-corrected chi connectivity index (χ1v) is 4.77. The molecule has 0 saturated carbocycles. The third-order valence-electron chi connectivity index (χ3n) is 2.06. The number of aromatic nitrogens is 3. The van der Waals surface area contributed by atoms with Gasteiger partial charge in [-0.25, -0.2) is 9.97 Å². The van der Waals surface area contributed by atoms with E-state index in [1.54, 1.807) is 17.5 Å². The molecule has 2 aromatic heterocycles. The minimum absolute atomic E-state index is 0.376. The predicted molar refractivity (Wildman–Crippen MR) is 55.2 cm³/mol. The zero-order valence-electron chi connectivity index (χ0n) is 8.31. The zero-order valence-corrected chi connectivity index (χ0v) is 9.06. The first-order chi connectivity index (χ1) is 7.13. The van der Waals surface area contributed by atoms with Gasteiger partial charge in [0.25, 0.3) is 0 Å². The second-order valence-corrected chi connectivity index (χ2v) is 3.48. The third-order valence-corrected chi connectivity index (χ3v) is 2.43. The normalized spacial score (nSPS) is 13.1. The Morgan fingerprint density at radius 2 is 2.33 bits per heavy atom. The van der Waals surface area contributed by atoms with Crippen LogP contribution < -0.4 is 4.74 Å². The third kappa shape index (κ3) is 1.64. The summed E-state index contributed by atoms with van der Waals surface area (Å²) >= 11 is 6.04. The Labute approximate surface area is 91.3 Å². The Balaban J connectivity index is 2.66. The molecule has 1 unspecified atom stereocenters. The lowest BCUT2D eigenvalue weighted by Crippen LogP contribution is -1.93. The number of fused-ring (bicyclic) bond motifs is 1. The van der Waals surface area contributed by atoms with Gasteiger partial charge in [0.1, 0.15) is 10.8 Å². The van der Waals surface area contributed by atoms with E-state index in [1.807, 2.05) is 0 Å². The number of rotatable bonds is 2. The second-order valence-electron chi connectivity index (χ2n) is 3.12. The maximum Gasteiger partial charge on any atom is 0.230 e. The molecule has 0 aliphatic carbocycles. The average Bonchev–Trinajstić information content (AvgIpc) is 2.56. The van der Waals surface area contributed by atoms with Crippen LogP contribution in [0.5, 0.6) is 5.88 Å². The van der Waals surface area contributed by atoms with Gasteiger partial charge in [0.15, 0.2) is 5.65 Å². The first kappa shape index (κ1) is 10.2. The number of halogens is 1. The van der Waals surface area contributed by atoms with E-state index in [1.165, 1.54) is 13.3 Å². The van der Waals surface area contributed by atoms with Gasteiger partial charge in [-0.3, -0.25) is 4.40 Å². The van der Waals surface area contributed by atoms with Crippen molar-refractivity contribution in [2.45, 2.75) is 13.0 Å². The van der Waals surface area contributed by atoms with Crippen LogP contribution >= 0.6 is 11.6 Å². The Bertz CT molecular complexity index is 495. The molecule has 0 spiro atoms. The van der Waals surface area contributed by atoms with Crippen LogP contribution in [0.1, 0.15) is 18.7 Å². The highest BCUT2D eigenvalue weighted by atomic mass is 35.5. The summed E-state index contributed by atoms with van der Waals surface area (Å²) in [5.41, 5.74) is 1.02. The van der Waals surface area contributed by atoms with Crippen LogP contribution in [0.25, 0.3) is 5.65 Å². The van der Waals surface area contributed by atoms with Gasteiger partial charge in [-0.15, -0.1) is 0 Å². The van der Waals surface area contributed by atoms with Gasteiger partial charge in [0, 0.05) is 0 Å². The minimum Gasteiger partial charge on any atom is -0.480 e. The molecule has 0 saturated heterocycles. The zero-order chi connectivity index (χ0) is 11.0. The average molecular weight is 228 g/mol. The van der Waals surface area contributed by atoms with Crippen molar-refractivity contribution in [3.63, 3.8) is 0 Å². The van der Waals surface area contributed by atoms with Crippen molar-refractivity contribution in [2.75, 3.05) is 7.11 Å². The Morgan fingerprint density at radius 1 is 1.60 bits per heavy atom. The van der Waals surface area contributed by atoms with Crippen LogP contribution in [-0.2, 0) is 0 Å². The fourth-order valence-corrected chi connectivity index (χ4v) is 1.63. The van der Waals surface area contributed by atoms with Crippen molar-refractivity contribution in [3.05, 3.63) is 23.2 Å². The first-order valence-electron chi connectivity index (χ1n) is 4.39. The highest BCUT2D eigenvalue weighted by Gasteiger charge is 2.14. The van der Waals surface area contributed by atoms with Crippen molar-refractivity contribution in [1.82, 2.24) is 14.4 Å². The number of ether oxygens (including phenoxy) is 1. The monoisotopic (exact) mass is 227 g/mol. The fourth-order valence-electron chi connectivity index (χ4n) is 1.30. The van der Waals surface area contributed by atoms with E-state index >= 15 is 0 Å². The van der Waals surface area contributed by atoms with Gasteiger partial charge in [0.05, 0.1) is 25.6 Å². The molecule has 0 bridgehead atoms. The van der Waals surface area contributed by atoms with Gasteiger partial charge in [-0.05, 0) is 6.92 Å². The van der Waals surface area contributed by atoms with Crippen LogP contribution in [0.15, 0.2) is 12.4 Å². The van der Waals surface area contributed by atoms with Gasteiger partial charge >= 0.3 is 0 Å². The predicted octanol–water partition coefficient (Wildman–Crippen LogP) is 1.44. The van der Waals surface area contributed by atoms with Crippen molar-refractivity contribution in [3.8, 4) is 5.88 Å². The fraction of sp³-hybridized carbons (Fsp3) is 0.333. The largest absolute Gasteiger partial charge is 0.480 e. The smallest absolute Gasteiger partial charge is 0.230 e. The molecule has 2 rings (SSSR count). The van der Waals surface area contributed by atoms with Crippen LogP contribution in [0.4, 0.5) is 0 Å². The molecule has 0 amide bonds. The quantitative estimate of drug-likeness (QED) is 0.844. The van der Waals surface area contributed by atoms with E-state index in [2.05, 4.69) is 9.97 Å². The molecule has 0 fully saturated rings.